The second kappa shape index (κ2) is 9.26. The van der Waals surface area contributed by atoms with Gasteiger partial charge < -0.3 is 24.3 Å². The minimum Gasteiger partial charge on any atom is -0.497 e. The molecule has 29 heavy (non-hydrogen) atoms. The Morgan fingerprint density at radius 1 is 1.14 bits per heavy atom. The fraction of sp³-hybridized carbons (Fsp3) is 0.571. The van der Waals surface area contributed by atoms with Crippen molar-refractivity contribution in [2.75, 3.05) is 51.3 Å². The Morgan fingerprint density at radius 3 is 2.55 bits per heavy atom. The SMILES string of the molecule is COc1ccc(-c2nnc(N3CCC(C(=O)NCCN4CCCC4)CC3)o2)cc1. The van der Waals surface area contributed by atoms with E-state index in [1.165, 1.54) is 12.8 Å². The summed E-state index contributed by atoms with van der Waals surface area (Å²) in [5, 5.41) is 11.5. The van der Waals surface area contributed by atoms with Gasteiger partial charge in [0.1, 0.15) is 5.75 Å². The van der Waals surface area contributed by atoms with E-state index in [1.54, 1.807) is 7.11 Å². The van der Waals surface area contributed by atoms with Crippen molar-refractivity contribution >= 4 is 11.9 Å². The van der Waals surface area contributed by atoms with Gasteiger partial charge in [0.15, 0.2) is 0 Å². The van der Waals surface area contributed by atoms with Gasteiger partial charge in [0.2, 0.25) is 11.8 Å². The predicted molar refractivity (Wildman–Crippen MR) is 110 cm³/mol. The van der Waals surface area contributed by atoms with E-state index in [9.17, 15) is 4.79 Å². The molecule has 2 saturated heterocycles. The monoisotopic (exact) mass is 399 g/mol. The molecule has 0 aliphatic carbocycles. The third-order valence-corrected chi connectivity index (χ3v) is 5.81. The number of benzene rings is 1. The van der Waals surface area contributed by atoms with Gasteiger partial charge in [0.25, 0.3) is 0 Å². The molecule has 0 saturated carbocycles. The van der Waals surface area contributed by atoms with E-state index in [1.807, 2.05) is 24.3 Å². The van der Waals surface area contributed by atoms with Gasteiger partial charge in [0, 0.05) is 37.7 Å². The summed E-state index contributed by atoms with van der Waals surface area (Å²) in [6.07, 6.45) is 4.16. The fourth-order valence-electron chi connectivity index (χ4n) is 4.01. The largest absolute Gasteiger partial charge is 0.497 e. The zero-order valence-electron chi connectivity index (χ0n) is 17.0. The predicted octanol–water partition coefficient (Wildman–Crippen LogP) is 2.17. The first-order valence-corrected chi connectivity index (χ1v) is 10.5. The van der Waals surface area contributed by atoms with Crippen LogP contribution in [0, 0.1) is 5.92 Å². The molecule has 0 bridgehead atoms. The maximum Gasteiger partial charge on any atom is 0.318 e. The smallest absolute Gasteiger partial charge is 0.318 e. The summed E-state index contributed by atoms with van der Waals surface area (Å²) in [6, 6.07) is 8.05. The number of hydrogen-bond acceptors (Lipinski definition) is 7. The van der Waals surface area contributed by atoms with Crippen molar-refractivity contribution in [3.8, 4) is 17.2 Å². The van der Waals surface area contributed by atoms with Gasteiger partial charge in [-0.2, -0.15) is 0 Å². The molecule has 1 aromatic carbocycles. The van der Waals surface area contributed by atoms with Gasteiger partial charge in [-0.05, 0) is 63.0 Å². The number of rotatable bonds is 7. The number of nitrogens with one attached hydrogen (secondary N) is 1. The number of anilines is 1. The number of piperidine rings is 1. The lowest BCUT2D eigenvalue weighted by atomic mass is 9.96. The van der Waals surface area contributed by atoms with Crippen LogP contribution in [0.2, 0.25) is 0 Å². The standard InChI is InChI=1S/C21H29N5O3/c1-28-18-6-4-17(5-7-18)20-23-24-21(29-20)26-13-8-16(9-14-26)19(27)22-10-15-25-11-2-3-12-25/h4-7,16H,2-3,8-15H2,1H3,(H,22,27). The molecule has 156 valence electrons. The number of nitrogens with zero attached hydrogens (tertiary/aromatic N) is 4. The molecule has 0 spiro atoms. The Balaban J connectivity index is 1.25. The van der Waals surface area contributed by atoms with E-state index in [0.29, 0.717) is 11.9 Å². The Bertz CT molecular complexity index is 793. The van der Waals surface area contributed by atoms with Crippen molar-refractivity contribution in [1.82, 2.24) is 20.4 Å². The average Bonchev–Trinajstić information content (AvgIpc) is 3.46. The molecule has 2 aromatic rings. The van der Waals surface area contributed by atoms with Gasteiger partial charge >= 0.3 is 6.01 Å². The topological polar surface area (TPSA) is 83.7 Å². The molecule has 1 N–H and O–H groups in total. The molecular formula is C21H29N5O3. The van der Waals surface area contributed by atoms with Crippen molar-refractivity contribution in [1.29, 1.82) is 0 Å². The number of carbonyl (C=O) groups is 1. The molecule has 0 unspecified atom stereocenters. The summed E-state index contributed by atoms with van der Waals surface area (Å²) in [4.78, 5) is 16.9. The highest BCUT2D eigenvalue weighted by atomic mass is 16.5. The quantitative estimate of drug-likeness (QED) is 0.764. The zero-order valence-corrected chi connectivity index (χ0v) is 17.0. The second-order valence-electron chi connectivity index (χ2n) is 7.72. The number of aromatic nitrogens is 2. The van der Waals surface area contributed by atoms with Crippen LogP contribution in [-0.2, 0) is 4.79 Å². The normalized spacial score (nSPS) is 18.2. The molecule has 2 fully saturated rings. The first-order chi connectivity index (χ1) is 14.2. The van der Waals surface area contributed by atoms with E-state index >= 15 is 0 Å². The number of ether oxygens (including phenoxy) is 1. The maximum atomic E-state index is 12.4. The van der Waals surface area contributed by atoms with Crippen molar-refractivity contribution in [2.45, 2.75) is 25.7 Å². The lowest BCUT2D eigenvalue weighted by Gasteiger charge is -2.30. The van der Waals surface area contributed by atoms with Crippen molar-refractivity contribution in [3.05, 3.63) is 24.3 Å². The lowest BCUT2D eigenvalue weighted by Crippen LogP contribution is -2.42. The Labute approximate surface area is 171 Å². The van der Waals surface area contributed by atoms with Gasteiger partial charge in [-0.15, -0.1) is 5.10 Å². The highest BCUT2D eigenvalue weighted by Crippen LogP contribution is 2.27. The van der Waals surface area contributed by atoms with E-state index in [4.69, 9.17) is 9.15 Å². The van der Waals surface area contributed by atoms with Crippen LogP contribution >= 0.6 is 0 Å². The summed E-state index contributed by atoms with van der Waals surface area (Å²) in [5.74, 6) is 1.51. The van der Waals surface area contributed by atoms with Crippen LogP contribution in [0.4, 0.5) is 6.01 Å². The minimum atomic E-state index is 0.0637. The highest BCUT2D eigenvalue weighted by molar-refractivity contribution is 5.78. The molecule has 8 heteroatoms. The molecule has 1 amide bonds. The number of methoxy groups -OCH3 is 1. The van der Waals surface area contributed by atoms with Crippen molar-refractivity contribution in [2.24, 2.45) is 5.92 Å². The third kappa shape index (κ3) is 4.87. The van der Waals surface area contributed by atoms with Crippen molar-refractivity contribution in [3.63, 3.8) is 0 Å². The molecule has 2 aliphatic rings. The minimum absolute atomic E-state index is 0.0637. The van der Waals surface area contributed by atoms with E-state index in [0.717, 1.165) is 63.4 Å². The summed E-state index contributed by atoms with van der Waals surface area (Å²) >= 11 is 0. The van der Waals surface area contributed by atoms with Crippen LogP contribution in [0.25, 0.3) is 11.5 Å². The Kier molecular flexibility index (Phi) is 6.29. The highest BCUT2D eigenvalue weighted by Gasteiger charge is 2.27. The van der Waals surface area contributed by atoms with E-state index < -0.39 is 0 Å². The molecular weight excluding hydrogens is 370 g/mol. The molecule has 0 radical (unpaired) electrons. The Hall–Kier alpha value is -2.61. The number of amides is 1. The number of carbonyl (C=O) groups excluding carboxylic acids is 1. The van der Waals surface area contributed by atoms with Crippen LogP contribution < -0.4 is 15.0 Å². The summed E-state index contributed by atoms with van der Waals surface area (Å²) in [5.41, 5.74) is 0.858. The van der Waals surface area contributed by atoms with Gasteiger partial charge in [0.05, 0.1) is 7.11 Å². The lowest BCUT2D eigenvalue weighted by molar-refractivity contribution is -0.125. The molecule has 3 heterocycles. The van der Waals surface area contributed by atoms with Crippen molar-refractivity contribution < 1.29 is 13.9 Å². The van der Waals surface area contributed by atoms with Gasteiger partial charge in [-0.25, -0.2) is 0 Å². The van der Waals surface area contributed by atoms with Crippen LogP contribution in [-0.4, -0.2) is 67.4 Å². The molecule has 4 rings (SSSR count). The zero-order chi connectivity index (χ0) is 20.1. The van der Waals surface area contributed by atoms with Gasteiger partial charge in [-0.1, -0.05) is 5.10 Å². The summed E-state index contributed by atoms with van der Waals surface area (Å²) in [7, 11) is 1.64. The van der Waals surface area contributed by atoms with Crippen LogP contribution in [0.3, 0.4) is 0 Å². The summed E-state index contributed by atoms with van der Waals surface area (Å²) < 4.78 is 11.0. The van der Waals surface area contributed by atoms with Crippen LogP contribution in [0.5, 0.6) is 5.75 Å². The molecule has 0 atom stereocenters. The first-order valence-electron chi connectivity index (χ1n) is 10.5. The second-order valence-corrected chi connectivity index (χ2v) is 7.72. The summed E-state index contributed by atoms with van der Waals surface area (Å²) in [6.45, 7) is 5.52. The molecule has 1 aromatic heterocycles. The fourth-order valence-corrected chi connectivity index (χ4v) is 4.01. The van der Waals surface area contributed by atoms with Gasteiger partial charge in [-0.3, -0.25) is 4.79 Å². The van der Waals surface area contributed by atoms with Crippen LogP contribution in [0.15, 0.2) is 28.7 Å². The molecule has 8 nitrogen and oxygen atoms in total. The van der Waals surface area contributed by atoms with Crippen LogP contribution in [0.1, 0.15) is 25.7 Å². The average molecular weight is 399 g/mol. The first kappa shape index (κ1) is 19.7. The van der Waals surface area contributed by atoms with E-state index in [-0.39, 0.29) is 11.8 Å². The third-order valence-electron chi connectivity index (χ3n) is 5.81. The number of likely N-dealkylation sites (tertiary alicyclic amines) is 1. The number of hydrogen-bond donors (Lipinski definition) is 1. The maximum absolute atomic E-state index is 12.4. The Morgan fingerprint density at radius 2 is 1.86 bits per heavy atom. The van der Waals surface area contributed by atoms with E-state index in [2.05, 4.69) is 25.3 Å². The molecule has 2 aliphatic heterocycles.